The second-order valence-electron chi connectivity index (χ2n) is 2.86. The minimum absolute atomic E-state index is 0.277. The van der Waals surface area contributed by atoms with Crippen LogP contribution in [0.15, 0.2) is 28.6 Å². The molecule has 0 saturated heterocycles. The van der Waals surface area contributed by atoms with Crippen molar-refractivity contribution in [2.45, 2.75) is 4.34 Å². The van der Waals surface area contributed by atoms with Gasteiger partial charge >= 0.3 is 0 Å². The van der Waals surface area contributed by atoms with Crippen molar-refractivity contribution < 1.29 is 4.74 Å². The highest BCUT2D eigenvalue weighted by molar-refractivity contribution is 8.01. The highest BCUT2D eigenvalue weighted by Crippen LogP contribution is 2.29. The molecule has 0 fully saturated rings. The Bertz CT molecular complexity index is 448. The van der Waals surface area contributed by atoms with Gasteiger partial charge in [0.25, 0.3) is 0 Å². The van der Waals surface area contributed by atoms with Crippen LogP contribution in [0.5, 0.6) is 0 Å². The molecule has 0 unspecified atom stereocenters. The standard InChI is InChI=1S/C10H10N2OS2/c1-13-9(11)6-14-10-12-7-4-2-3-5-8(7)15-10/h2-5,11H,6H2,1H3. The zero-order valence-electron chi connectivity index (χ0n) is 8.19. The van der Waals surface area contributed by atoms with Gasteiger partial charge in [-0.15, -0.1) is 11.3 Å². The Labute approximate surface area is 96.0 Å². The molecule has 2 aromatic rings. The van der Waals surface area contributed by atoms with Crippen LogP contribution in [0.3, 0.4) is 0 Å². The molecule has 1 aromatic heterocycles. The molecule has 0 saturated carbocycles. The van der Waals surface area contributed by atoms with E-state index in [1.54, 1.807) is 11.3 Å². The predicted octanol–water partition coefficient (Wildman–Crippen LogP) is 3.01. The number of benzene rings is 1. The Balaban J connectivity index is 2.12. The maximum atomic E-state index is 7.36. The summed E-state index contributed by atoms with van der Waals surface area (Å²) < 4.78 is 6.95. The molecule has 0 radical (unpaired) electrons. The van der Waals surface area contributed by atoms with Crippen molar-refractivity contribution in [1.82, 2.24) is 4.98 Å². The number of ether oxygens (including phenoxy) is 1. The summed E-state index contributed by atoms with van der Waals surface area (Å²) in [5.74, 6) is 0.815. The first-order chi connectivity index (χ1) is 7.29. The molecule has 3 nitrogen and oxygen atoms in total. The highest BCUT2D eigenvalue weighted by atomic mass is 32.2. The quantitative estimate of drug-likeness (QED) is 0.508. The molecule has 5 heteroatoms. The summed E-state index contributed by atoms with van der Waals surface area (Å²) in [6.45, 7) is 0. The maximum Gasteiger partial charge on any atom is 0.190 e. The number of nitrogens with one attached hydrogen (secondary N) is 1. The number of methoxy groups -OCH3 is 1. The first-order valence-electron chi connectivity index (χ1n) is 4.39. The molecule has 0 bridgehead atoms. The van der Waals surface area contributed by atoms with Crippen LogP contribution in [0.2, 0.25) is 0 Å². The van der Waals surface area contributed by atoms with Gasteiger partial charge in [0.1, 0.15) is 0 Å². The normalized spacial score (nSPS) is 10.5. The molecule has 0 spiro atoms. The number of aromatic nitrogens is 1. The molecule has 0 atom stereocenters. The van der Waals surface area contributed by atoms with Crippen LogP contribution in [-0.4, -0.2) is 23.7 Å². The second-order valence-corrected chi connectivity index (χ2v) is 5.12. The summed E-state index contributed by atoms with van der Waals surface area (Å²) in [7, 11) is 1.52. The Hall–Kier alpha value is -1.07. The number of hydrogen-bond donors (Lipinski definition) is 1. The Morgan fingerprint density at radius 2 is 2.33 bits per heavy atom. The number of hydrogen-bond acceptors (Lipinski definition) is 5. The molecule has 1 aromatic carbocycles. The van der Waals surface area contributed by atoms with Crippen LogP contribution in [0.25, 0.3) is 10.2 Å². The minimum Gasteiger partial charge on any atom is -0.484 e. The van der Waals surface area contributed by atoms with E-state index in [1.807, 2.05) is 18.2 Å². The van der Waals surface area contributed by atoms with Crippen LogP contribution in [-0.2, 0) is 4.74 Å². The molecule has 1 N–H and O–H groups in total. The van der Waals surface area contributed by atoms with Crippen molar-refractivity contribution in [3.63, 3.8) is 0 Å². The first-order valence-corrected chi connectivity index (χ1v) is 6.19. The van der Waals surface area contributed by atoms with Gasteiger partial charge in [-0.1, -0.05) is 23.9 Å². The fourth-order valence-electron chi connectivity index (χ4n) is 1.10. The molecular formula is C10H10N2OS2. The van der Waals surface area contributed by atoms with Crippen molar-refractivity contribution in [3.8, 4) is 0 Å². The lowest BCUT2D eigenvalue weighted by molar-refractivity contribution is 0.397. The average Bonchev–Trinajstić information content (AvgIpc) is 2.68. The van der Waals surface area contributed by atoms with E-state index in [1.165, 1.54) is 23.6 Å². The summed E-state index contributed by atoms with van der Waals surface area (Å²) in [6, 6.07) is 8.04. The molecule has 0 aliphatic heterocycles. The largest absolute Gasteiger partial charge is 0.484 e. The number of fused-ring (bicyclic) bond motifs is 1. The van der Waals surface area contributed by atoms with Gasteiger partial charge < -0.3 is 4.74 Å². The van der Waals surface area contributed by atoms with E-state index >= 15 is 0 Å². The Kier molecular flexibility index (Phi) is 3.23. The topological polar surface area (TPSA) is 46.0 Å². The minimum atomic E-state index is 0.277. The van der Waals surface area contributed by atoms with Gasteiger partial charge in [0.15, 0.2) is 10.2 Å². The third-order valence-corrected chi connectivity index (χ3v) is 4.03. The van der Waals surface area contributed by atoms with Gasteiger partial charge in [0.2, 0.25) is 0 Å². The summed E-state index contributed by atoms with van der Waals surface area (Å²) in [5, 5.41) is 7.36. The van der Waals surface area contributed by atoms with Crippen LogP contribution in [0.4, 0.5) is 0 Å². The summed E-state index contributed by atoms with van der Waals surface area (Å²) >= 11 is 3.19. The second kappa shape index (κ2) is 4.63. The molecule has 15 heavy (non-hydrogen) atoms. The molecular weight excluding hydrogens is 228 g/mol. The number of para-hydroxylation sites is 1. The highest BCUT2D eigenvalue weighted by Gasteiger charge is 2.04. The van der Waals surface area contributed by atoms with E-state index in [2.05, 4.69) is 11.1 Å². The number of nitrogens with zero attached hydrogens (tertiary/aromatic N) is 1. The van der Waals surface area contributed by atoms with Gasteiger partial charge in [0.05, 0.1) is 23.1 Å². The van der Waals surface area contributed by atoms with Crippen LogP contribution < -0.4 is 0 Å². The van der Waals surface area contributed by atoms with E-state index in [0.717, 1.165) is 9.86 Å². The van der Waals surface area contributed by atoms with Crippen LogP contribution >= 0.6 is 23.1 Å². The van der Waals surface area contributed by atoms with Crippen molar-refractivity contribution in [1.29, 1.82) is 5.41 Å². The molecule has 0 aliphatic carbocycles. The summed E-state index contributed by atoms with van der Waals surface area (Å²) in [4.78, 5) is 4.45. The van der Waals surface area contributed by atoms with Gasteiger partial charge in [-0.05, 0) is 12.1 Å². The lowest BCUT2D eigenvalue weighted by atomic mass is 10.3. The first kappa shape index (κ1) is 10.4. The van der Waals surface area contributed by atoms with E-state index in [4.69, 9.17) is 10.1 Å². The number of thiazole rings is 1. The summed E-state index contributed by atoms with van der Waals surface area (Å²) in [5.41, 5.74) is 1.02. The molecule has 0 aliphatic rings. The van der Waals surface area contributed by atoms with Crippen molar-refractivity contribution in [2.24, 2.45) is 0 Å². The molecule has 1 heterocycles. The summed E-state index contributed by atoms with van der Waals surface area (Å²) in [6.07, 6.45) is 0. The van der Waals surface area contributed by atoms with Crippen LogP contribution in [0.1, 0.15) is 0 Å². The van der Waals surface area contributed by atoms with Crippen LogP contribution in [0, 0.1) is 5.41 Å². The Morgan fingerprint density at radius 3 is 3.07 bits per heavy atom. The van der Waals surface area contributed by atoms with Gasteiger partial charge in [0, 0.05) is 0 Å². The molecule has 0 amide bonds. The zero-order chi connectivity index (χ0) is 10.7. The third-order valence-electron chi connectivity index (χ3n) is 1.85. The fraction of sp³-hybridized carbons (Fsp3) is 0.200. The number of thioether (sulfide) groups is 1. The van der Waals surface area contributed by atoms with Gasteiger partial charge in [-0.3, -0.25) is 5.41 Å². The van der Waals surface area contributed by atoms with Crippen molar-refractivity contribution >= 4 is 39.2 Å². The Morgan fingerprint density at radius 1 is 1.53 bits per heavy atom. The van der Waals surface area contributed by atoms with E-state index < -0.39 is 0 Å². The SMILES string of the molecule is COC(=N)CSc1nc2ccccc2s1. The maximum absolute atomic E-state index is 7.36. The molecule has 78 valence electrons. The van der Waals surface area contributed by atoms with Crippen molar-refractivity contribution in [2.75, 3.05) is 12.9 Å². The lowest BCUT2D eigenvalue weighted by Gasteiger charge is -1.97. The molecule has 2 rings (SSSR count). The number of rotatable bonds is 3. The van der Waals surface area contributed by atoms with E-state index in [-0.39, 0.29) is 5.90 Å². The van der Waals surface area contributed by atoms with E-state index in [9.17, 15) is 0 Å². The van der Waals surface area contributed by atoms with Gasteiger partial charge in [-0.2, -0.15) is 0 Å². The monoisotopic (exact) mass is 238 g/mol. The third kappa shape index (κ3) is 2.49. The van der Waals surface area contributed by atoms with E-state index in [0.29, 0.717) is 5.75 Å². The van der Waals surface area contributed by atoms with Gasteiger partial charge in [-0.25, -0.2) is 4.98 Å². The predicted molar refractivity (Wildman–Crippen MR) is 65.1 cm³/mol. The van der Waals surface area contributed by atoms with Crippen molar-refractivity contribution in [3.05, 3.63) is 24.3 Å². The average molecular weight is 238 g/mol. The lowest BCUT2D eigenvalue weighted by Crippen LogP contribution is -2.01. The smallest absolute Gasteiger partial charge is 0.190 e. The fourth-order valence-corrected chi connectivity index (χ4v) is 3.01. The zero-order valence-corrected chi connectivity index (χ0v) is 9.82.